The molecule has 0 bridgehead atoms. The Kier molecular flexibility index (Phi) is 7.67. The minimum absolute atomic E-state index is 0.0162. The molecule has 0 spiro atoms. The van der Waals surface area contributed by atoms with Crippen molar-refractivity contribution in [1.82, 2.24) is 10.6 Å². The van der Waals surface area contributed by atoms with E-state index in [2.05, 4.69) is 10.6 Å². The third-order valence-electron chi connectivity index (χ3n) is 5.28. The number of carbonyl (C=O) groups excluding carboxylic acids is 2. The van der Waals surface area contributed by atoms with Gasteiger partial charge in [0.15, 0.2) is 0 Å². The maximum Gasteiger partial charge on any atom is 0.407 e. The van der Waals surface area contributed by atoms with Gasteiger partial charge in [-0.2, -0.15) is 8.42 Å². The van der Waals surface area contributed by atoms with Crippen molar-refractivity contribution in [3.05, 3.63) is 59.7 Å². The van der Waals surface area contributed by atoms with Crippen LogP contribution in [0.25, 0.3) is 11.1 Å². The van der Waals surface area contributed by atoms with Crippen LogP contribution >= 0.6 is 0 Å². The molecule has 0 aromatic heterocycles. The minimum Gasteiger partial charge on any atom is -0.480 e. The van der Waals surface area contributed by atoms with Gasteiger partial charge in [0.2, 0.25) is 5.91 Å². The molecular weight excluding hydrogens is 452 g/mol. The molecule has 4 N–H and O–H groups in total. The SMILES string of the molecule is O=C(CC[C@@H](NC(=O)OCC1c2ccccc2-c2ccccc21)C(=O)O)NCCS(=O)(=O)O. The van der Waals surface area contributed by atoms with Crippen LogP contribution in [0.15, 0.2) is 48.5 Å². The molecule has 0 saturated heterocycles. The van der Waals surface area contributed by atoms with Crippen LogP contribution < -0.4 is 10.6 Å². The number of aliphatic carboxylic acids is 1. The first-order chi connectivity index (χ1) is 15.7. The van der Waals surface area contributed by atoms with E-state index in [4.69, 9.17) is 9.29 Å². The van der Waals surface area contributed by atoms with Gasteiger partial charge in [-0.05, 0) is 28.7 Å². The number of hydrogen-bond acceptors (Lipinski definition) is 6. The second-order valence-corrected chi connectivity index (χ2v) is 9.11. The molecule has 10 nitrogen and oxygen atoms in total. The number of carboxylic acid groups (broad SMARTS) is 1. The van der Waals surface area contributed by atoms with Crippen molar-refractivity contribution in [3.8, 4) is 11.1 Å². The van der Waals surface area contributed by atoms with Crippen molar-refractivity contribution < 1.29 is 37.2 Å². The maximum absolute atomic E-state index is 12.3. The van der Waals surface area contributed by atoms with Crippen molar-refractivity contribution in [3.63, 3.8) is 0 Å². The third kappa shape index (κ3) is 6.53. The molecule has 0 saturated carbocycles. The number of carboxylic acids is 1. The van der Waals surface area contributed by atoms with Gasteiger partial charge in [-0.25, -0.2) is 9.59 Å². The molecule has 2 amide bonds. The number of nitrogens with one attached hydrogen (secondary N) is 2. The Balaban J connectivity index is 1.53. The Morgan fingerprint density at radius 1 is 1.00 bits per heavy atom. The number of alkyl carbamates (subject to hydrolysis) is 1. The fourth-order valence-corrected chi connectivity index (χ4v) is 4.08. The Morgan fingerprint density at radius 2 is 1.58 bits per heavy atom. The summed E-state index contributed by atoms with van der Waals surface area (Å²) < 4.78 is 35.3. The van der Waals surface area contributed by atoms with Crippen LogP contribution in [0.1, 0.15) is 29.9 Å². The number of fused-ring (bicyclic) bond motifs is 3. The fourth-order valence-electron chi connectivity index (χ4n) is 3.72. The second kappa shape index (κ2) is 10.5. The first-order valence-corrected chi connectivity index (χ1v) is 11.8. The average Bonchev–Trinajstić information content (AvgIpc) is 3.08. The van der Waals surface area contributed by atoms with Crippen LogP contribution in [0.4, 0.5) is 4.79 Å². The largest absolute Gasteiger partial charge is 0.480 e. The minimum atomic E-state index is -4.21. The van der Waals surface area contributed by atoms with Crippen LogP contribution in [0.2, 0.25) is 0 Å². The van der Waals surface area contributed by atoms with Crippen LogP contribution in [-0.4, -0.2) is 61.0 Å². The standard InChI is InChI=1S/C22H24N2O8S/c25-20(23-11-12-33(29,30)31)10-9-19(21(26)27)24-22(28)32-13-18-16-7-3-1-5-14(16)15-6-2-4-8-17(15)18/h1-8,18-19H,9-13H2,(H,23,25)(H,24,28)(H,26,27)(H,29,30,31)/t19-/m1/s1. The molecule has 33 heavy (non-hydrogen) atoms. The normalized spacial score (nSPS) is 13.5. The fraction of sp³-hybridized carbons (Fsp3) is 0.318. The van der Waals surface area contributed by atoms with E-state index in [1.165, 1.54) is 0 Å². The van der Waals surface area contributed by atoms with E-state index in [0.717, 1.165) is 22.3 Å². The number of hydrogen-bond donors (Lipinski definition) is 4. The van der Waals surface area contributed by atoms with Crippen LogP contribution in [0.3, 0.4) is 0 Å². The lowest BCUT2D eigenvalue weighted by molar-refractivity contribution is -0.139. The first kappa shape index (κ1) is 24.2. The van der Waals surface area contributed by atoms with Crippen molar-refractivity contribution in [1.29, 1.82) is 0 Å². The second-order valence-electron chi connectivity index (χ2n) is 7.54. The number of carbonyl (C=O) groups is 3. The monoisotopic (exact) mass is 476 g/mol. The van der Waals surface area contributed by atoms with Gasteiger partial charge in [0.1, 0.15) is 12.6 Å². The highest BCUT2D eigenvalue weighted by Gasteiger charge is 2.29. The van der Waals surface area contributed by atoms with Gasteiger partial charge >= 0.3 is 12.1 Å². The van der Waals surface area contributed by atoms with Crippen molar-refractivity contribution in [2.75, 3.05) is 18.9 Å². The highest BCUT2D eigenvalue weighted by molar-refractivity contribution is 7.85. The van der Waals surface area contributed by atoms with Crippen LogP contribution in [0.5, 0.6) is 0 Å². The maximum atomic E-state index is 12.3. The summed E-state index contributed by atoms with van der Waals surface area (Å²) in [6.07, 6.45) is -1.42. The summed E-state index contributed by atoms with van der Waals surface area (Å²) in [6.45, 7) is -0.294. The summed E-state index contributed by atoms with van der Waals surface area (Å²) >= 11 is 0. The van der Waals surface area contributed by atoms with Crippen molar-refractivity contribution in [2.45, 2.75) is 24.8 Å². The molecule has 0 fully saturated rings. The first-order valence-electron chi connectivity index (χ1n) is 10.2. The topological polar surface area (TPSA) is 159 Å². The Bertz CT molecular complexity index is 1100. The quantitative estimate of drug-likeness (QED) is 0.378. The molecule has 0 aliphatic heterocycles. The van der Waals surface area contributed by atoms with Gasteiger partial charge in [0.05, 0.1) is 5.75 Å². The summed E-state index contributed by atoms with van der Waals surface area (Å²) in [5.41, 5.74) is 4.15. The summed E-state index contributed by atoms with van der Waals surface area (Å²) in [6, 6.07) is 14.2. The molecule has 0 heterocycles. The van der Waals surface area contributed by atoms with E-state index >= 15 is 0 Å². The predicted octanol–water partition coefficient (Wildman–Crippen LogP) is 1.76. The van der Waals surface area contributed by atoms with Gasteiger partial charge in [-0.3, -0.25) is 9.35 Å². The van der Waals surface area contributed by atoms with E-state index in [9.17, 15) is 27.9 Å². The number of rotatable bonds is 10. The number of benzene rings is 2. The van der Waals surface area contributed by atoms with Crippen LogP contribution in [0, 0.1) is 0 Å². The van der Waals surface area contributed by atoms with E-state index in [-0.39, 0.29) is 31.9 Å². The summed E-state index contributed by atoms with van der Waals surface area (Å²) in [5, 5.41) is 13.8. The zero-order chi connectivity index (χ0) is 24.0. The van der Waals surface area contributed by atoms with Crippen molar-refractivity contribution in [2.24, 2.45) is 0 Å². The molecule has 3 rings (SSSR count). The summed E-state index contributed by atoms with van der Waals surface area (Å²) in [7, 11) is -4.21. The Hall–Kier alpha value is -3.44. The molecular formula is C22H24N2O8S. The van der Waals surface area contributed by atoms with Crippen molar-refractivity contribution >= 4 is 28.1 Å². The van der Waals surface area contributed by atoms with Crippen LogP contribution in [-0.2, 0) is 24.4 Å². The summed E-state index contributed by atoms with van der Waals surface area (Å²) in [5.74, 6) is -2.78. The molecule has 176 valence electrons. The molecule has 1 aliphatic rings. The molecule has 0 unspecified atom stereocenters. The van der Waals surface area contributed by atoms with E-state index < -0.39 is 39.9 Å². The molecule has 1 aliphatic carbocycles. The zero-order valence-corrected chi connectivity index (χ0v) is 18.4. The highest BCUT2D eigenvalue weighted by atomic mass is 32.2. The Labute approximate surface area is 190 Å². The van der Waals surface area contributed by atoms with Gasteiger partial charge in [-0.15, -0.1) is 0 Å². The van der Waals surface area contributed by atoms with Gasteiger partial charge in [-0.1, -0.05) is 48.5 Å². The van der Waals surface area contributed by atoms with Gasteiger partial charge < -0.3 is 20.5 Å². The lowest BCUT2D eigenvalue weighted by atomic mass is 9.98. The van der Waals surface area contributed by atoms with Gasteiger partial charge in [0, 0.05) is 18.9 Å². The molecule has 2 aromatic carbocycles. The third-order valence-corrected chi connectivity index (χ3v) is 6.00. The number of amides is 2. The number of ether oxygens (including phenoxy) is 1. The van der Waals surface area contributed by atoms with E-state index in [1.54, 1.807) is 0 Å². The highest BCUT2D eigenvalue weighted by Crippen LogP contribution is 2.44. The Morgan fingerprint density at radius 3 is 2.12 bits per heavy atom. The van der Waals surface area contributed by atoms with E-state index in [1.807, 2.05) is 48.5 Å². The van der Waals surface area contributed by atoms with Gasteiger partial charge in [0.25, 0.3) is 10.1 Å². The lowest BCUT2D eigenvalue weighted by Crippen LogP contribution is -2.42. The molecule has 1 atom stereocenters. The summed E-state index contributed by atoms with van der Waals surface area (Å²) in [4.78, 5) is 35.5. The average molecular weight is 477 g/mol. The predicted molar refractivity (Wildman–Crippen MR) is 118 cm³/mol. The molecule has 11 heteroatoms. The molecule has 0 radical (unpaired) electrons. The smallest absolute Gasteiger partial charge is 0.407 e. The lowest BCUT2D eigenvalue weighted by Gasteiger charge is -2.17. The molecule has 2 aromatic rings. The van der Waals surface area contributed by atoms with E-state index in [0.29, 0.717) is 0 Å². The zero-order valence-electron chi connectivity index (χ0n) is 17.6.